The van der Waals surface area contributed by atoms with Crippen molar-refractivity contribution < 1.29 is 19.1 Å². The molecule has 2 N–H and O–H groups in total. The van der Waals surface area contributed by atoms with E-state index >= 15 is 0 Å². The Balaban J connectivity index is 1.87. The van der Waals surface area contributed by atoms with Gasteiger partial charge in [0.15, 0.2) is 11.5 Å². The zero-order valence-electron chi connectivity index (χ0n) is 18.1. The molecule has 7 nitrogen and oxygen atoms in total. The highest BCUT2D eigenvalue weighted by Gasteiger charge is 2.29. The fraction of sp³-hybridized carbons (Fsp3) is 0.240. The Labute approximate surface area is 186 Å². The molecule has 2 amide bonds. The first-order valence-corrected chi connectivity index (χ1v) is 10.4. The average molecular weight is 431 g/mol. The summed E-state index contributed by atoms with van der Waals surface area (Å²) in [6.07, 6.45) is 5.04. The number of carbonyl (C=O) groups excluding carboxylic acids is 2. The standard InChI is InChI=1S/C25H25N3O4/c1-31-21-12-19-20(13-22(21)32-2)28(15-16-7-4-3-5-8-16)23(29)14-27-24(19)17-9-6-10-18(11-17)25(26)30/h3-5,7-9,11-13H,6,10,14-15H2,1-2H3,(H2,26,30). The van der Waals surface area contributed by atoms with E-state index in [-0.39, 0.29) is 12.5 Å². The van der Waals surface area contributed by atoms with Crippen molar-refractivity contribution in [2.75, 3.05) is 25.7 Å². The first kappa shape index (κ1) is 21.4. The van der Waals surface area contributed by atoms with Crippen LogP contribution in [0.25, 0.3) is 0 Å². The SMILES string of the molecule is COc1cc2c(cc1OC)N(Cc1ccccc1)C(=O)CN=C2C1=CCCC(C(N)=O)=C1. The monoisotopic (exact) mass is 431 g/mol. The first-order chi connectivity index (χ1) is 15.5. The van der Waals surface area contributed by atoms with Gasteiger partial charge in [0.25, 0.3) is 0 Å². The molecule has 1 heterocycles. The Kier molecular flexibility index (Phi) is 6.07. The smallest absolute Gasteiger partial charge is 0.248 e. The molecule has 0 fully saturated rings. The second-order valence-corrected chi connectivity index (χ2v) is 7.59. The first-order valence-electron chi connectivity index (χ1n) is 10.4. The van der Waals surface area contributed by atoms with Gasteiger partial charge in [-0.3, -0.25) is 14.6 Å². The van der Waals surface area contributed by atoms with Gasteiger partial charge in [0.05, 0.1) is 32.2 Å². The fourth-order valence-electron chi connectivity index (χ4n) is 3.98. The topological polar surface area (TPSA) is 94.2 Å². The summed E-state index contributed by atoms with van der Waals surface area (Å²) in [6, 6.07) is 13.4. The molecular weight excluding hydrogens is 406 g/mol. The highest BCUT2D eigenvalue weighted by Crippen LogP contribution is 2.39. The molecule has 1 aliphatic carbocycles. The zero-order chi connectivity index (χ0) is 22.7. The minimum absolute atomic E-state index is 0.0153. The van der Waals surface area contributed by atoms with Gasteiger partial charge in [0.1, 0.15) is 6.54 Å². The van der Waals surface area contributed by atoms with Crippen molar-refractivity contribution in [3.05, 3.63) is 76.9 Å². The number of fused-ring (bicyclic) bond motifs is 1. The van der Waals surface area contributed by atoms with Gasteiger partial charge in [-0.2, -0.15) is 0 Å². The number of nitrogens with zero attached hydrogens (tertiary/aromatic N) is 2. The second kappa shape index (κ2) is 9.09. The van der Waals surface area contributed by atoms with Gasteiger partial charge in [0, 0.05) is 17.2 Å². The van der Waals surface area contributed by atoms with Gasteiger partial charge in [-0.15, -0.1) is 0 Å². The van der Waals surface area contributed by atoms with Crippen LogP contribution in [0.2, 0.25) is 0 Å². The van der Waals surface area contributed by atoms with E-state index in [4.69, 9.17) is 15.2 Å². The summed E-state index contributed by atoms with van der Waals surface area (Å²) in [6.45, 7) is 0.380. The number of benzodiazepines with no additional fused rings is 1. The molecule has 2 aliphatic rings. The number of nitrogens with two attached hydrogens (primary N) is 1. The molecule has 0 saturated heterocycles. The number of allylic oxidation sites excluding steroid dienone is 3. The van der Waals surface area contributed by atoms with E-state index in [9.17, 15) is 9.59 Å². The Morgan fingerprint density at radius 1 is 1.12 bits per heavy atom. The number of methoxy groups -OCH3 is 2. The predicted octanol–water partition coefficient (Wildman–Crippen LogP) is 3.17. The van der Waals surface area contributed by atoms with E-state index in [0.29, 0.717) is 47.9 Å². The zero-order valence-corrected chi connectivity index (χ0v) is 18.1. The number of carbonyl (C=O) groups is 2. The van der Waals surface area contributed by atoms with Crippen molar-refractivity contribution in [3.8, 4) is 11.5 Å². The van der Waals surface area contributed by atoms with E-state index in [1.165, 1.54) is 0 Å². The minimum Gasteiger partial charge on any atom is -0.493 e. The van der Waals surface area contributed by atoms with Gasteiger partial charge in [-0.25, -0.2) is 0 Å². The summed E-state index contributed by atoms with van der Waals surface area (Å²) < 4.78 is 11.0. The van der Waals surface area contributed by atoms with Crippen LogP contribution in [0, 0.1) is 0 Å². The van der Waals surface area contributed by atoms with E-state index in [1.807, 2.05) is 42.5 Å². The number of hydrogen-bond acceptors (Lipinski definition) is 5. The summed E-state index contributed by atoms with van der Waals surface area (Å²) >= 11 is 0. The van der Waals surface area contributed by atoms with E-state index < -0.39 is 5.91 Å². The third-order valence-corrected chi connectivity index (χ3v) is 5.60. The summed E-state index contributed by atoms with van der Waals surface area (Å²) in [5, 5.41) is 0. The molecule has 0 aromatic heterocycles. The Hall–Kier alpha value is -3.87. The average Bonchev–Trinajstić information content (AvgIpc) is 2.95. The number of benzene rings is 2. The molecule has 32 heavy (non-hydrogen) atoms. The van der Waals surface area contributed by atoms with Crippen LogP contribution in [-0.4, -0.2) is 38.3 Å². The van der Waals surface area contributed by atoms with Gasteiger partial charge in [-0.1, -0.05) is 36.4 Å². The van der Waals surface area contributed by atoms with Gasteiger partial charge >= 0.3 is 0 Å². The molecule has 0 saturated carbocycles. The molecule has 0 spiro atoms. The second-order valence-electron chi connectivity index (χ2n) is 7.59. The Morgan fingerprint density at radius 3 is 2.53 bits per heavy atom. The van der Waals surface area contributed by atoms with Crippen LogP contribution in [0.5, 0.6) is 11.5 Å². The maximum atomic E-state index is 13.2. The highest BCUT2D eigenvalue weighted by atomic mass is 16.5. The molecule has 0 unspecified atom stereocenters. The number of ether oxygens (including phenoxy) is 2. The van der Waals surface area contributed by atoms with Gasteiger partial charge in [-0.05, 0) is 36.1 Å². The van der Waals surface area contributed by atoms with Crippen molar-refractivity contribution in [2.45, 2.75) is 19.4 Å². The number of primary amides is 1. The summed E-state index contributed by atoms with van der Waals surface area (Å²) in [5.41, 5.74) is 9.88. The van der Waals surface area contributed by atoms with Crippen LogP contribution in [-0.2, 0) is 16.1 Å². The lowest BCUT2D eigenvalue weighted by molar-refractivity contribution is -0.117. The lowest BCUT2D eigenvalue weighted by Gasteiger charge is -2.25. The van der Waals surface area contributed by atoms with Crippen LogP contribution in [0.3, 0.4) is 0 Å². The van der Waals surface area contributed by atoms with Crippen molar-refractivity contribution in [2.24, 2.45) is 10.7 Å². The molecule has 2 aromatic rings. The van der Waals surface area contributed by atoms with Crippen molar-refractivity contribution in [1.82, 2.24) is 0 Å². The maximum absolute atomic E-state index is 13.2. The number of amides is 2. The molecule has 2 aromatic carbocycles. The molecular formula is C25H25N3O4. The minimum atomic E-state index is -0.445. The summed E-state index contributed by atoms with van der Waals surface area (Å²) in [4.78, 5) is 31.3. The van der Waals surface area contributed by atoms with Crippen LogP contribution < -0.4 is 20.1 Å². The molecule has 4 rings (SSSR count). The predicted molar refractivity (Wildman–Crippen MR) is 123 cm³/mol. The van der Waals surface area contributed by atoms with Gasteiger partial charge in [0.2, 0.25) is 11.8 Å². The third-order valence-electron chi connectivity index (χ3n) is 5.60. The van der Waals surface area contributed by atoms with Crippen molar-refractivity contribution in [3.63, 3.8) is 0 Å². The summed E-state index contributed by atoms with van der Waals surface area (Å²) in [7, 11) is 3.13. The van der Waals surface area contributed by atoms with Crippen molar-refractivity contribution >= 4 is 23.2 Å². The molecule has 0 bridgehead atoms. The van der Waals surface area contributed by atoms with Crippen LogP contribution in [0.1, 0.15) is 24.0 Å². The summed E-state index contributed by atoms with van der Waals surface area (Å²) in [5.74, 6) is 0.472. The maximum Gasteiger partial charge on any atom is 0.248 e. The van der Waals surface area contributed by atoms with Crippen LogP contribution in [0.15, 0.2) is 70.8 Å². The lowest BCUT2D eigenvalue weighted by atomic mass is 9.92. The number of anilines is 1. The Morgan fingerprint density at radius 2 is 1.84 bits per heavy atom. The molecule has 1 aliphatic heterocycles. The van der Waals surface area contributed by atoms with E-state index in [2.05, 4.69) is 4.99 Å². The van der Waals surface area contributed by atoms with Gasteiger partial charge < -0.3 is 20.1 Å². The number of rotatable bonds is 6. The number of hydrogen-bond donors (Lipinski definition) is 1. The number of aliphatic imine (C=N–C) groups is 1. The molecule has 7 heteroatoms. The molecule has 0 radical (unpaired) electrons. The lowest BCUT2D eigenvalue weighted by Crippen LogP contribution is -2.32. The van der Waals surface area contributed by atoms with E-state index in [1.54, 1.807) is 31.3 Å². The highest BCUT2D eigenvalue weighted by molar-refractivity contribution is 6.21. The largest absolute Gasteiger partial charge is 0.493 e. The van der Waals surface area contributed by atoms with Crippen molar-refractivity contribution in [1.29, 1.82) is 0 Å². The van der Waals surface area contributed by atoms with Crippen LogP contribution >= 0.6 is 0 Å². The normalized spacial score (nSPS) is 15.8. The van der Waals surface area contributed by atoms with Crippen LogP contribution in [0.4, 0.5) is 5.69 Å². The third kappa shape index (κ3) is 4.14. The molecule has 164 valence electrons. The van der Waals surface area contributed by atoms with E-state index in [0.717, 1.165) is 16.7 Å². The Bertz CT molecular complexity index is 1150. The molecule has 0 atom stereocenters. The quantitative estimate of drug-likeness (QED) is 0.760. The fourth-order valence-corrected chi connectivity index (χ4v) is 3.98.